The van der Waals surface area contributed by atoms with Gasteiger partial charge in [0.1, 0.15) is 6.04 Å². The zero-order valence-electron chi connectivity index (χ0n) is 11.0. The van der Waals surface area contributed by atoms with E-state index >= 15 is 0 Å². The Bertz CT molecular complexity index is 475. The van der Waals surface area contributed by atoms with E-state index in [4.69, 9.17) is 10.8 Å². The maximum Gasteiger partial charge on any atom is 0.326 e. The highest BCUT2D eigenvalue weighted by atomic mass is 32.1. The van der Waals surface area contributed by atoms with E-state index in [0.29, 0.717) is 13.0 Å². The summed E-state index contributed by atoms with van der Waals surface area (Å²) in [6.07, 6.45) is 0.259. The molecule has 8 heteroatoms. The molecular formula is C12H17N3O4S. The number of aliphatic carboxylic acids is 1. The molecule has 1 unspecified atom stereocenters. The molecule has 1 rings (SSSR count). The van der Waals surface area contributed by atoms with Gasteiger partial charge in [0.15, 0.2) is 0 Å². The van der Waals surface area contributed by atoms with Crippen molar-refractivity contribution < 1.29 is 19.5 Å². The molecule has 3 amide bonds. The quantitative estimate of drug-likeness (QED) is 0.670. The number of urea groups is 1. The number of likely N-dealkylation sites (N-methyl/N-ethyl adjacent to an activating group) is 1. The monoisotopic (exact) mass is 299 g/mol. The number of carboxylic acids is 1. The molecule has 1 aromatic heterocycles. The Hall–Kier alpha value is -2.09. The lowest BCUT2D eigenvalue weighted by Gasteiger charge is -2.20. The molecule has 0 aliphatic carbocycles. The molecule has 110 valence electrons. The van der Waals surface area contributed by atoms with E-state index in [9.17, 15) is 14.4 Å². The first-order valence-corrected chi connectivity index (χ1v) is 6.83. The predicted molar refractivity (Wildman–Crippen MR) is 74.4 cm³/mol. The normalized spacial score (nSPS) is 11.7. The van der Waals surface area contributed by atoms with Crippen LogP contribution in [0.15, 0.2) is 17.5 Å². The van der Waals surface area contributed by atoms with Crippen molar-refractivity contribution in [3.63, 3.8) is 0 Å². The number of thiophene rings is 1. The van der Waals surface area contributed by atoms with Gasteiger partial charge in [0.2, 0.25) is 5.91 Å². The third kappa shape index (κ3) is 5.27. The van der Waals surface area contributed by atoms with Crippen molar-refractivity contribution in [1.29, 1.82) is 0 Å². The predicted octanol–water partition coefficient (Wildman–Crippen LogP) is 0.261. The first-order valence-electron chi connectivity index (χ1n) is 5.95. The number of nitrogens with zero attached hydrogens (tertiary/aromatic N) is 1. The minimum atomic E-state index is -1.30. The van der Waals surface area contributed by atoms with Gasteiger partial charge in [-0.15, -0.1) is 11.3 Å². The molecule has 0 aliphatic heterocycles. The van der Waals surface area contributed by atoms with Crippen LogP contribution in [0, 0.1) is 0 Å². The third-order valence-electron chi connectivity index (χ3n) is 2.62. The molecule has 0 aromatic carbocycles. The van der Waals surface area contributed by atoms with E-state index in [2.05, 4.69) is 5.32 Å². The van der Waals surface area contributed by atoms with E-state index in [-0.39, 0.29) is 0 Å². The Labute approximate surface area is 120 Å². The third-order valence-corrected chi connectivity index (χ3v) is 3.56. The van der Waals surface area contributed by atoms with Crippen molar-refractivity contribution in [2.75, 3.05) is 13.6 Å². The van der Waals surface area contributed by atoms with Gasteiger partial charge in [-0.3, -0.25) is 4.79 Å². The summed E-state index contributed by atoms with van der Waals surface area (Å²) in [5, 5.41) is 13.1. The lowest BCUT2D eigenvalue weighted by Crippen LogP contribution is -2.48. The van der Waals surface area contributed by atoms with Gasteiger partial charge in [0.25, 0.3) is 0 Å². The first-order chi connectivity index (χ1) is 9.40. The fourth-order valence-corrected chi connectivity index (χ4v) is 2.19. The number of nitrogens with one attached hydrogen (secondary N) is 1. The minimum absolute atomic E-state index is 0.431. The topological polar surface area (TPSA) is 113 Å². The molecule has 4 N–H and O–H groups in total. The summed E-state index contributed by atoms with van der Waals surface area (Å²) in [5.41, 5.74) is 4.94. The van der Waals surface area contributed by atoms with E-state index < -0.39 is 30.4 Å². The van der Waals surface area contributed by atoms with Crippen LogP contribution in [0.5, 0.6) is 0 Å². The second-order valence-electron chi connectivity index (χ2n) is 4.26. The molecule has 0 saturated heterocycles. The average Bonchev–Trinajstić information content (AvgIpc) is 2.87. The van der Waals surface area contributed by atoms with Gasteiger partial charge in [-0.05, 0) is 17.9 Å². The zero-order valence-corrected chi connectivity index (χ0v) is 11.9. The maximum atomic E-state index is 11.8. The number of hydrogen-bond acceptors (Lipinski definition) is 4. The van der Waals surface area contributed by atoms with E-state index in [0.717, 1.165) is 4.88 Å². The van der Waals surface area contributed by atoms with Crippen LogP contribution >= 0.6 is 11.3 Å². The largest absolute Gasteiger partial charge is 0.480 e. The summed E-state index contributed by atoms with van der Waals surface area (Å²) in [5.74, 6) is -2.07. The van der Waals surface area contributed by atoms with Crippen LogP contribution in [0.25, 0.3) is 0 Å². The molecule has 0 bridgehead atoms. The number of hydrogen-bond donors (Lipinski definition) is 3. The molecule has 0 radical (unpaired) electrons. The highest BCUT2D eigenvalue weighted by Crippen LogP contribution is 2.09. The summed E-state index contributed by atoms with van der Waals surface area (Å²) >= 11 is 1.59. The zero-order chi connectivity index (χ0) is 15.1. The van der Waals surface area contributed by atoms with E-state index in [1.54, 1.807) is 18.4 Å². The van der Waals surface area contributed by atoms with Gasteiger partial charge in [-0.25, -0.2) is 9.59 Å². The van der Waals surface area contributed by atoms with Crippen LogP contribution < -0.4 is 11.1 Å². The molecule has 1 atom stereocenters. The standard InChI is InChI=1S/C12H17N3O4S/c1-15(5-4-8-3-2-6-20-8)12(19)14-9(11(17)18)7-10(13)16/h2-3,6,9H,4-5,7H2,1H3,(H2,13,16)(H,14,19)(H,17,18). The highest BCUT2D eigenvalue weighted by Gasteiger charge is 2.23. The molecule has 0 saturated carbocycles. The van der Waals surface area contributed by atoms with Gasteiger partial charge in [0.05, 0.1) is 6.42 Å². The Morgan fingerprint density at radius 2 is 2.20 bits per heavy atom. The molecular weight excluding hydrogens is 282 g/mol. The molecule has 7 nitrogen and oxygen atoms in total. The van der Waals surface area contributed by atoms with Gasteiger partial charge in [-0.1, -0.05) is 6.07 Å². The molecule has 0 aliphatic rings. The van der Waals surface area contributed by atoms with Crippen LogP contribution in [-0.2, 0) is 16.0 Å². The molecule has 0 fully saturated rings. The van der Waals surface area contributed by atoms with Crippen molar-refractivity contribution >= 4 is 29.2 Å². The van der Waals surface area contributed by atoms with Gasteiger partial charge >= 0.3 is 12.0 Å². The first kappa shape index (κ1) is 16.0. The molecule has 1 aromatic rings. The van der Waals surface area contributed by atoms with Crippen molar-refractivity contribution in [3.05, 3.63) is 22.4 Å². The number of rotatable bonds is 7. The number of amides is 3. The Morgan fingerprint density at radius 3 is 2.70 bits per heavy atom. The van der Waals surface area contributed by atoms with Crippen molar-refractivity contribution in [2.45, 2.75) is 18.9 Å². The molecule has 20 heavy (non-hydrogen) atoms. The smallest absolute Gasteiger partial charge is 0.326 e. The van der Waals surface area contributed by atoms with Crippen molar-refractivity contribution in [3.8, 4) is 0 Å². The SMILES string of the molecule is CN(CCc1cccs1)C(=O)NC(CC(N)=O)C(=O)O. The average molecular weight is 299 g/mol. The summed E-state index contributed by atoms with van der Waals surface area (Å²) in [6, 6.07) is 2.04. The Balaban J connectivity index is 2.46. The van der Waals surface area contributed by atoms with Gasteiger partial charge in [0, 0.05) is 18.5 Å². The number of primary amides is 1. The van der Waals surface area contributed by atoms with Crippen LogP contribution in [0.1, 0.15) is 11.3 Å². The fraction of sp³-hybridized carbons (Fsp3) is 0.417. The summed E-state index contributed by atoms with van der Waals surface area (Å²) < 4.78 is 0. The second-order valence-corrected chi connectivity index (χ2v) is 5.29. The number of carbonyl (C=O) groups excluding carboxylic acids is 2. The Kier molecular flexibility index (Phi) is 5.98. The fourth-order valence-electron chi connectivity index (χ4n) is 1.49. The van der Waals surface area contributed by atoms with Crippen LogP contribution in [0.2, 0.25) is 0 Å². The highest BCUT2D eigenvalue weighted by molar-refractivity contribution is 7.09. The summed E-state index contributed by atoms with van der Waals surface area (Å²) in [7, 11) is 1.56. The Morgan fingerprint density at radius 1 is 1.50 bits per heavy atom. The molecule has 1 heterocycles. The lowest BCUT2D eigenvalue weighted by atomic mass is 10.2. The number of nitrogens with two attached hydrogens (primary N) is 1. The van der Waals surface area contributed by atoms with Crippen molar-refractivity contribution in [1.82, 2.24) is 10.2 Å². The summed E-state index contributed by atoms with van der Waals surface area (Å²) in [4.78, 5) is 35.9. The summed E-state index contributed by atoms with van der Waals surface area (Å²) in [6.45, 7) is 0.454. The van der Waals surface area contributed by atoms with Crippen LogP contribution in [-0.4, -0.2) is 47.5 Å². The maximum absolute atomic E-state index is 11.8. The lowest BCUT2D eigenvalue weighted by molar-refractivity contribution is -0.140. The second kappa shape index (κ2) is 7.49. The van der Waals surface area contributed by atoms with Gasteiger partial charge in [-0.2, -0.15) is 0 Å². The van der Waals surface area contributed by atoms with Gasteiger partial charge < -0.3 is 21.1 Å². The van der Waals surface area contributed by atoms with E-state index in [1.165, 1.54) is 4.90 Å². The number of carbonyl (C=O) groups is 3. The minimum Gasteiger partial charge on any atom is -0.480 e. The van der Waals surface area contributed by atoms with Crippen molar-refractivity contribution in [2.24, 2.45) is 5.73 Å². The number of carboxylic acid groups (broad SMARTS) is 1. The van der Waals surface area contributed by atoms with Crippen LogP contribution in [0.3, 0.4) is 0 Å². The van der Waals surface area contributed by atoms with Crippen LogP contribution in [0.4, 0.5) is 4.79 Å². The van der Waals surface area contributed by atoms with E-state index in [1.807, 2.05) is 17.5 Å². The molecule has 0 spiro atoms.